The van der Waals surface area contributed by atoms with Crippen molar-refractivity contribution in [1.29, 1.82) is 0 Å². The summed E-state index contributed by atoms with van der Waals surface area (Å²) in [6.45, 7) is 2.66. The monoisotopic (exact) mass is 203 g/mol. The zero-order valence-electron chi connectivity index (χ0n) is 6.80. The minimum absolute atomic E-state index is 0.431. The maximum Gasteiger partial charge on any atom is 0.394 e. The molecule has 0 amide bonds. The van der Waals surface area contributed by atoms with Crippen LogP contribution in [0.1, 0.15) is 6.92 Å². The summed E-state index contributed by atoms with van der Waals surface area (Å²) in [5.41, 5.74) is 4.50. The van der Waals surface area contributed by atoms with Crippen LogP contribution in [-0.4, -0.2) is 37.7 Å². The molecule has 0 saturated carbocycles. The van der Waals surface area contributed by atoms with E-state index in [2.05, 4.69) is 10.5 Å². The molecule has 12 heavy (non-hydrogen) atoms. The van der Waals surface area contributed by atoms with E-state index in [1.807, 2.05) is 0 Å². The lowest BCUT2D eigenvalue weighted by atomic mass is 10.9. The summed E-state index contributed by atoms with van der Waals surface area (Å²) in [5.74, 6) is 0. The Balaban J connectivity index is -0.000000112. The second-order valence-corrected chi connectivity index (χ2v) is 1.90. The summed E-state index contributed by atoms with van der Waals surface area (Å²) in [6, 6.07) is 0. The molecule has 0 spiro atoms. The van der Waals surface area contributed by atoms with E-state index in [4.69, 9.17) is 17.5 Å². The molecule has 0 bridgehead atoms. The van der Waals surface area contributed by atoms with E-state index in [-0.39, 0.29) is 0 Å². The van der Waals surface area contributed by atoms with E-state index in [0.29, 0.717) is 13.1 Å². The largest absolute Gasteiger partial charge is 0.468 e. The Morgan fingerprint density at radius 2 is 1.67 bits per heavy atom. The SMILES string of the molecule is CCOC=O.CN.O=S(=O)(O)O. The molecule has 7 nitrogen and oxygen atoms in total. The predicted molar refractivity (Wildman–Crippen MR) is 42.0 cm³/mol. The summed E-state index contributed by atoms with van der Waals surface area (Å²) >= 11 is 0. The van der Waals surface area contributed by atoms with Gasteiger partial charge >= 0.3 is 10.4 Å². The number of hydrogen-bond donors (Lipinski definition) is 3. The molecular weight excluding hydrogens is 190 g/mol. The van der Waals surface area contributed by atoms with E-state index in [0.717, 1.165) is 0 Å². The summed E-state index contributed by atoms with van der Waals surface area (Å²) in [6.07, 6.45) is 0. The van der Waals surface area contributed by atoms with E-state index in [1.165, 1.54) is 7.05 Å². The third kappa shape index (κ3) is 379. The number of nitrogens with two attached hydrogens (primary N) is 1. The molecule has 4 N–H and O–H groups in total. The molecule has 76 valence electrons. The lowest BCUT2D eigenvalue weighted by Crippen LogP contribution is -1.89. The first-order valence-electron chi connectivity index (χ1n) is 2.74. The van der Waals surface area contributed by atoms with Crippen LogP contribution in [0.3, 0.4) is 0 Å². The lowest BCUT2D eigenvalue weighted by molar-refractivity contribution is -0.128. The van der Waals surface area contributed by atoms with Crippen LogP contribution in [0.4, 0.5) is 0 Å². The van der Waals surface area contributed by atoms with Gasteiger partial charge in [-0.1, -0.05) is 0 Å². The van der Waals surface area contributed by atoms with Gasteiger partial charge in [-0.15, -0.1) is 0 Å². The van der Waals surface area contributed by atoms with Crippen LogP contribution >= 0.6 is 0 Å². The Morgan fingerprint density at radius 3 is 1.67 bits per heavy atom. The fourth-order valence-corrected chi connectivity index (χ4v) is 0.0680. The van der Waals surface area contributed by atoms with E-state index >= 15 is 0 Å². The molecule has 0 aromatic heterocycles. The molecule has 0 heterocycles. The number of carbonyl (C=O) groups excluding carboxylic acids is 1. The Labute approximate surface area is 71.1 Å². The molecule has 0 aliphatic heterocycles. The molecule has 0 aromatic carbocycles. The van der Waals surface area contributed by atoms with Crippen molar-refractivity contribution < 1.29 is 27.1 Å². The summed E-state index contributed by atoms with van der Waals surface area (Å²) in [7, 11) is -3.17. The Kier molecular flexibility index (Phi) is 18.8. The summed E-state index contributed by atoms with van der Waals surface area (Å²) in [4.78, 5) is 9.18. The van der Waals surface area contributed by atoms with E-state index in [9.17, 15) is 4.79 Å². The Bertz CT molecular complexity index is 156. The maximum atomic E-state index is 9.18. The third-order valence-electron chi connectivity index (χ3n) is 0.235. The first kappa shape index (κ1) is 17.4. The van der Waals surface area contributed by atoms with Crippen molar-refractivity contribution in [3.8, 4) is 0 Å². The molecule has 0 unspecified atom stereocenters. The minimum Gasteiger partial charge on any atom is -0.468 e. The fourth-order valence-electron chi connectivity index (χ4n) is 0.0680. The third-order valence-corrected chi connectivity index (χ3v) is 0.235. The lowest BCUT2D eigenvalue weighted by Gasteiger charge is -1.79. The van der Waals surface area contributed by atoms with Gasteiger partial charge in [0.15, 0.2) is 0 Å². The van der Waals surface area contributed by atoms with Crippen LogP contribution < -0.4 is 5.73 Å². The minimum atomic E-state index is -4.67. The predicted octanol–water partition coefficient (Wildman–Crippen LogP) is -0.899. The van der Waals surface area contributed by atoms with Crippen molar-refractivity contribution >= 4 is 16.9 Å². The molecule has 8 heteroatoms. The normalized spacial score (nSPS) is 8.08. The molecular formula is C4H13NO6S. The van der Waals surface area contributed by atoms with Gasteiger partial charge in [0, 0.05) is 0 Å². The van der Waals surface area contributed by atoms with E-state index in [1.54, 1.807) is 6.92 Å². The van der Waals surface area contributed by atoms with Crippen molar-refractivity contribution in [1.82, 2.24) is 0 Å². The van der Waals surface area contributed by atoms with Crippen LogP contribution in [-0.2, 0) is 19.9 Å². The van der Waals surface area contributed by atoms with Crippen molar-refractivity contribution in [3.05, 3.63) is 0 Å². The van der Waals surface area contributed by atoms with Crippen LogP contribution in [0.15, 0.2) is 0 Å². The highest BCUT2D eigenvalue weighted by molar-refractivity contribution is 7.79. The first-order valence-corrected chi connectivity index (χ1v) is 4.14. The van der Waals surface area contributed by atoms with Crippen LogP contribution in [0.5, 0.6) is 0 Å². The quantitative estimate of drug-likeness (QED) is 0.392. The fraction of sp³-hybridized carbons (Fsp3) is 0.750. The molecule has 0 saturated heterocycles. The number of rotatable bonds is 2. The molecule has 0 fully saturated rings. The summed E-state index contributed by atoms with van der Waals surface area (Å²) < 4.78 is 35.7. The number of carbonyl (C=O) groups is 1. The highest BCUT2D eigenvalue weighted by Gasteiger charge is 1.84. The topological polar surface area (TPSA) is 127 Å². The first-order chi connectivity index (χ1) is 5.41. The Morgan fingerprint density at radius 1 is 1.42 bits per heavy atom. The molecule has 0 aromatic rings. The average molecular weight is 203 g/mol. The van der Waals surface area contributed by atoms with Crippen molar-refractivity contribution in [2.45, 2.75) is 6.92 Å². The highest BCUT2D eigenvalue weighted by Crippen LogP contribution is 1.59. The van der Waals surface area contributed by atoms with Gasteiger partial charge in [0.25, 0.3) is 6.47 Å². The maximum absolute atomic E-state index is 9.18. The van der Waals surface area contributed by atoms with Crippen LogP contribution in [0.25, 0.3) is 0 Å². The summed E-state index contributed by atoms with van der Waals surface area (Å²) in [5, 5.41) is 0. The van der Waals surface area contributed by atoms with Crippen molar-refractivity contribution in [3.63, 3.8) is 0 Å². The van der Waals surface area contributed by atoms with Crippen molar-refractivity contribution in [2.24, 2.45) is 5.73 Å². The van der Waals surface area contributed by atoms with Gasteiger partial charge in [0.05, 0.1) is 6.61 Å². The standard InChI is InChI=1S/C3H6O2.CH5N.H2O4S/c1-2-5-3-4;1-2;1-5(2,3)4/h3H,2H2,1H3;2H2,1H3;(H2,1,2,3,4). The van der Waals surface area contributed by atoms with Crippen LogP contribution in [0.2, 0.25) is 0 Å². The molecule has 0 aliphatic rings. The van der Waals surface area contributed by atoms with E-state index < -0.39 is 10.4 Å². The van der Waals surface area contributed by atoms with Gasteiger partial charge < -0.3 is 10.5 Å². The van der Waals surface area contributed by atoms with Gasteiger partial charge in [0.1, 0.15) is 0 Å². The molecule has 0 aliphatic carbocycles. The van der Waals surface area contributed by atoms with Gasteiger partial charge in [-0.3, -0.25) is 13.9 Å². The van der Waals surface area contributed by atoms with Gasteiger partial charge in [-0.05, 0) is 14.0 Å². The Hall–Kier alpha value is -0.700. The second kappa shape index (κ2) is 12.9. The highest BCUT2D eigenvalue weighted by atomic mass is 32.3. The zero-order valence-corrected chi connectivity index (χ0v) is 7.61. The molecule has 0 radical (unpaired) electrons. The van der Waals surface area contributed by atoms with Crippen LogP contribution in [0, 0.1) is 0 Å². The number of hydrogen-bond acceptors (Lipinski definition) is 5. The van der Waals surface area contributed by atoms with Gasteiger partial charge in [0.2, 0.25) is 0 Å². The molecule has 0 rings (SSSR count). The van der Waals surface area contributed by atoms with Crippen molar-refractivity contribution in [2.75, 3.05) is 13.7 Å². The second-order valence-electron chi connectivity index (χ2n) is 0.999. The average Bonchev–Trinajstić information content (AvgIpc) is 1.90. The molecule has 0 atom stereocenters. The van der Waals surface area contributed by atoms with Gasteiger partial charge in [-0.25, -0.2) is 0 Å². The zero-order chi connectivity index (χ0) is 10.6. The number of ether oxygens (including phenoxy) is 1. The van der Waals surface area contributed by atoms with Gasteiger partial charge in [-0.2, -0.15) is 8.42 Å². The smallest absolute Gasteiger partial charge is 0.394 e.